The first-order chi connectivity index (χ1) is 4.33. The Labute approximate surface area is 53.5 Å². The number of hydrogen-bond donors (Lipinski definition) is 0. The van der Waals surface area contributed by atoms with Crippen molar-refractivity contribution in [2.24, 2.45) is 5.11 Å². The quantitative estimate of drug-likeness (QED) is 0.224. The topological polar surface area (TPSA) is 48.8 Å². The van der Waals surface area contributed by atoms with E-state index in [0.29, 0.717) is 6.54 Å². The summed E-state index contributed by atoms with van der Waals surface area (Å²) in [5.41, 5.74) is 7.52. The second-order valence-corrected chi connectivity index (χ2v) is 0.885. The molecular formula is C5H8FN3. The standard InChI is InChI=1S/C3H3F.C2H5N3/c1-2-3-4;1-2-4-5-3/h1H,3H2;2H2,1H3/i4-1;. The molecule has 0 saturated heterocycles. The van der Waals surface area contributed by atoms with Gasteiger partial charge in [-0.05, 0) is 5.53 Å². The number of hydrogen-bond acceptors (Lipinski definition) is 1. The van der Waals surface area contributed by atoms with Gasteiger partial charge in [0.15, 0.2) is 0 Å². The minimum Gasteiger partial charge on any atom is -0.237 e. The van der Waals surface area contributed by atoms with E-state index in [1.54, 1.807) is 12.8 Å². The molecule has 0 bridgehead atoms. The van der Waals surface area contributed by atoms with E-state index < -0.39 is 6.67 Å². The van der Waals surface area contributed by atoms with Crippen LogP contribution in [0.15, 0.2) is 5.11 Å². The molecule has 3 nitrogen and oxygen atoms in total. The molecule has 0 rings (SSSR count). The van der Waals surface area contributed by atoms with Crippen molar-refractivity contribution in [2.75, 3.05) is 13.2 Å². The van der Waals surface area contributed by atoms with Crippen molar-refractivity contribution in [3.05, 3.63) is 10.4 Å². The number of alkyl halides is 1. The largest absolute Gasteiger partial charge is 0.237 e. The van der Waals surface area contributed by atoms with E-state index in [0.717, 1.165) is 0 Å². The molecule has 0 amide bonds. The third kappa shape index (κ3) is 48.4. The van der Waals surface area contributed by atoms with Crippen LogP contribution in [0.25, 0.3) is 10.4 Å². The average molecular weight is 128 g/mol. The van der Waals surface area contributed by atoms with Crippen molar-refractivity contribution < 1.29 is 4.39 Å². The van der Waals surface area contributed by atoms with Crippen LogP contribution in [0.1, 0.15) is 6.92 Å². The SMILES string of the molecule is C#CC[18F].CCN=[N+]=[N-]. The third-order valence-corrected chi connectivity index (χ3v) is 0.282. The molecule has 0 atom stereocenters. The van der Waals surface area contributed by atoms with Crippen molar-refractivity contribution in [1.82, 2.24) is 0 Å². The maximum atomic E-state index is 10.5. The van der Waals surface area contributed by atoms with Crippen LogP contribution in [0.3, 0.4) is 0 Å². The van der Waals surface area contributed by atoms with Crippen molar-refractivity contribution in [3.8, 4) is 12.3 Å². The third-order valence-electron chi connectivity index (χ3n) is 0.282. The number of rotatable bonds is 1. The normalized spacial score (nSPS) is 5.44. The van der Waals surface area contributed by atoms with Gasteiger partial charge in [0.2, 0.25) is 0 Å². The molecule has 0 aromatic rings. The van der Waals surface area contributed by atoms with Gasteiger partial charge in [0.25, 0.3) is 0 Å². The van der Waals surface area contributed by atoms with Crippen LogP contribution in [-0.4, -0.2) is 13.2 Å². The summed E-state index contributed by atoms with van der Waals surface area (Å²) in [5.74, 6) is 1.76. The fraction of sp³-hybridized carbons (Fsp3) is 0.600. The van der Waals surface area contributed by atoms with E-state index in [2.05, 4.69) is 16.4 Å². The molecule has 9 heavy (non-hydrogen) atoms. The highest BCUT2D eigenvalue weighted by atomic mass is 18.2. The van der Waals surface area contributed by atoms with Gasteiger partial charge in [-0.15, -0.1) is 6.42 Å². The van der Waals surface area contributed by atoms with Crippen molar-refractivity contribution in [3.63, 3.8) is 0 Å². The summed E-state index contributed by atoms with van der Waals surface area (Å²) in [6.07, 6.45) is 4.40. The van der Waals surface area contributed by atoms with Crippen LogP contribution in [0.4, 0.5) is 4.39 Å². The Bertz CT molecular complexity index is 121. The van der Waals surface area contributed by atoms with Crippen LogP contribution in [0, 0.1) is 12.3 Å². The minimum absolute atomic E-state index is 0.552. The highest BCUT2D eigenvalue weighted by Gasteiger charge is 1.51. The van der Waals surface area contributed by atoms with Gasteiger partial charge in [0.1, 0.15) is 6.67 Å². The van der Waals surface area contributed by atoms with E-state index in [1.165, 1.54) is 0 Å². The zero-order valence-corrected chi connectivity index (χ0v) is 5.21. The zero-order valence-electron chi connectivity index (χ0n) is 5.21. The number of azide groups is 1. The fourth-order valence-corrected chi connectivity index (χ4v) is 0.0632. The van der Waals surface area contributed by atoms with Crippen LogP contribution in [-0.2, 0) is 0 Å². The molecule has 0 aliphatic rings. The Kier molecular flexibility index (Phi) is 18.9. The molecule has 0 aromatic heterocycles. The molecular weight excluding hydrogens is 120 g/mol. The van der Waals surface area contributed by atoms with E-state index in [9.17, 15) is 4.39 Å². The van der Waals surface area contributed by atoms with Gasteiger partial charge >= 0.3 is 0 Å². The first kappa shape index (κ1) is 10.7. The van der Waals surface area contributed by atoms with Gasteiger partial charge in [0, 0.05) is 11.5 Å². The summed E-state index contributed by atoms with van der Waals surface area (Å²) >= 11 is 0. The number of nitrogens with zero attached hydrogens (tertiary/aromatic N) is 3. The lowest BCUT2D eigenvalue weighted by atomic mass is 10.8. The van der Waals surface area contributed by atoms with Gasteiger partial charge in [0.05, 0.1) is 0 Å². The second kappa shape index (κ2) is 15.8. The van der Waals surface area contributed by atoms with Gasteiger partial charge in [-0.3, -0.25) is 0 Å². The van der Waals surface area contributed by atoms with Gasteiger partial charge in [-0.2, -0.15) is 0 Å². The Hall–Kier alpha value is -1.20. The zero-order chi connectivity index (χ0) is 7.54. The minimum atomic E-state index is -0.653. The molecule has 0 unspecified atom stereocenters. The van der Waals surface area contributed by atoms with Crippen LogP contribution < -0.4 is 0 Å². The average Bonchev–Trinajstić information content (AvgIpc) is 1.91. The van der Waals surface area contributed by atoms with Crippen molar-refractivity contribution in [1.29, 1.82) is 0 Å². The predicted octanol–water partition coefficient (Wildman–Crippen LogP) is 1.91. The summed E-state index contributed by atoms with van der Waals surface area (Å²) in [7, 11) is 0. The lowest BCUT2D eigenvalue weighted by molar-refractivity contribution is 0.573. The lowest BCUT2D eigenvalue weighted by Crippen LogP contribution is -1.52. The van der Waals surface area contributed by atoms with E-state index in [1.807, 2.05) is 0 Å². The molecule has 0 radical (unpaired) electrons. The van der Waals surface area contributed by atoms with Crippen molar-refractivity contribution >= 4 is 0 Å². The first-order valence-corrected chi connectivity index (χ1v) is 2.33. The molecule has 50 valence electrons. The van der Waals surface area contributed by atoms with Crippen LogP contribution in [0.5, 0.6) is 0 Å². The molecule has 0 spiro atoms. The highest BCUT2D eigenvalue weighted by molar-refractivity contribution is 4.81. The fourth-order valence-electron chi connectivity index (χ4n) is 0.0632. The maximum absolute atomic E-state index is 10.5. The molecule has 0 fully saturated rings. The smallest absolute Gasteiger partial charge is 0.150 e. The summed E-state index contributed by atoms with van der Waals surface area (Å²) in [6.45, 7) is 1.69. The summed E-state index contributed by atoms with van der Waals surface area (Å²) < 4.78 is 10.5. The molecule has 4 heteroatoms. The Morgan fingerprint density at radius 2 is 2.33 bits per heavy atom. The molecule has 0 aliphatic carbocycles. The Morgan fingerprint density at radius 3 is 2.33 bits per heavy atom. The summed E-state index contributed by atoms with van der Waals surface area (Å²) in [4.78, 5) is 2.48. The van der Waals surface area contributed by atoms with Crippen LogP contribution in [0.2, 0.25) is 0 Å². The predicted molar refractivity (Wildman–Crippen MR) is 34.5 cm³/mol. The highest BCUT2D eigenvalue weighted by Crippen LogP contribution is 1.61. The number of halogens is 1. The van der Waals surface area contributed by atoms with Crippen molar-refractivity contribution in [2.45, 2.75) is 6.92 Å². The molecule has 0 aromatic carbocycles. The number of terminal acetylenes is 1. The second-order valence-electron chi connectivity index (χ2n) is 0.885. The van der Waals surface area contributed by atoms with Gasteiger partial charge < -0.3 is 0 Å². The Morgan fingerprint density at radius 1 is 1.89 bits per heavy atom. The molecule has 0 heterocycles. The van der Waals surface area contributed by atoms with Crippen LogP contribution >= 0.6 is 0 Å². The molecule has 0 saturated carbocycles. The van der Waals surface area contributed by atoms with Gasteiger partial charge in [-0.1, -0.05) is 18.0 Å². The van der Waals surface area contributed by atoms with E-state index >= 15 is 0 Å². The first-order valence-electron chi connectivity index (χ1n) is 2.33. The summed E-state index contributed by atoms with van der Waals surface area (Å²) in [6, 6.07) is 0. The van der Waals surface area contributed by atoms with E-state index in [-0.39, 0.29) is 0 Å². The molecule has 0 N–H and O–H groups in total. The van der Waals surface area contributed by atoms with Gasteiger partial charge in [-0.25, -0.2) is 4.39 Å². The maximum Gasteiger partial charge on any atom is 0.150 e. The lowest BCUT2D eigenvalue weighted by Gasteiger charge is -1.57. The van der Waals surface area contributed by atoms with E-state index in [4.69, 9.17) is 5.53 Å². The molecule has 0 aliphatic heterocycles. The monoisotopic (exact) mass is 128 g/mol. The Balaban J connectivity index is 0. The summed E-state index contributed by atoms with van der Waals surface area (Å²) in [5, 5.41) is 3.15.